The number of rotatable bonds is 5. The van der Waals surface area contributed by atoms with Gasteiger partial charge in [-0.15, -0.1) is 0 Å². The molecule has 0 saturated carbocycles. The molecule has 5 aromatic heterocycles. The van der Waals surface area contributed by atoms with E-state index in [1.807, 2.05) is 0 Å². The molecule has 0 aliphatic carbocycles. The number of hydrogen-bond donors (Lipinski definition) is 0. The van der Waals surface area contributed by atoms with Gasteiger partial charge in [0.1, 0.15) is 0 Å². The van der Waals surface area contributed by atoms with Gasteiger partial charge in [-0.25, -0.2) is 4.85 Å². The second-order valence-electron chi connectivity index (χ2n) is 19.1. The second kappa shape index (κ2) is 15.0. The Balaban J connectivity index is 1.31. The minimum atomic E-state index is 0.524. The molecule has 0 amide bonds. The van der Waals surface area contributed by atoms with Crippen molar-refractivity contribution < 1.29 is 0 Å². The molecule has 6 nitrogen and oxygen atoms in total. The van der Waals surface area contributed by atoms with E-state index in [2.05, 4.69) is 265 Å². The van der Waals surface area contributed by atoms with Crippen LogP contribution in [0.25, 0.3) is 142 Å². The summed E-state index contributed by atoms with van der Waals surface area (Å²) in [7, 11) is 0. The topological polar surface area (TPSA) is 29.0 Å². The van der Waals surface area contributed by atoms with Crippen LogP contribution in [0.1, 0.15) is 0 Å². The van der Waals surface area contributed by atoms with E-state index in [9.17, 15) is 6.57 Å². The highest BCUT2D eigenvalue weighted by molar-refractivity contribution is 6.19. The van der Waals surface area contributed by atoms with Crippen LogP contribution in [0.2, 0.25) is 0 Å². The van der Waals surface area contributed by atoms with E-state index in [4.69, 9.17) is 4.85 Å². The summed E-state index contributed by atoms with van der Waals surface area (Å²) in [5.74, 6) is 0. The first-order valence-corrected chi connectivity index (χ1v) is 24.8. The van der Waals surface area contributed by atoms with Gasteiger partial charge in [0.15, 0.2) is 0 Å². The summed E-state index contributed by atoms with van der Waals surface area (Å²) in [6.45, 7) is 10.0. The lowest BCUT2D eigenvalue weighted by molar-refractivity contribution is 1.00. The van der Waals surface area contributed by atoms with E-state index in [0.29, 0.717) is 5.69 Å². The number of hydrogen-bond acceptors (Lipinski definition) is 0. The first kappa shape index (κ1) is 39.7. The van der Waals surface area contributed by atoms with Crippen LogP contribution in [-0.4, -0.2) is 22.8 Å². The van der Waals surface area contributed by atoms with Crippen molar-refractivity contribution in [3.8, 4) is 28.4 Å². The number of nitrogens with zero attached hydrogens (tertiary/aromatic N) is 6. The van der Waals surface area contributed by atoms with E-state index in [-0.39, 0.29) is 0 Å². The highest BCUT2D eigenvalue weighted by Crippen LogP contribution is 2.54. The predicted molar refractivity (Wildman–Crippen MR) is 304 cm³/mol. The average molecular weight is 929 g/mol. The smallest absolute Gasteiger partial charge is 0.238 e. The molecule has 0 spiro atoms. The Labute approximate surface area is 418 Å². The van der Waals surface area contributed by atoms with Gasteiger partial charge in [-0.1, -0.05) is 182 Å². The molecule has 0 N–H and O–H groups in total. The van der Waals surface area contributed by atoms with Gasteiger partial charge in [0.25, 0.3) is 0 Å². The van der Waals surface area contributed by atoms with Gasteiger partial charge in [0.05, 0.1) is 90.2 Å². The van der Waals surface area contributed by atoms with Crippen molar-refractivity contribution in [1.29, 1.82) is 0 Å². The molecule has 73 heavy (non-hydrogen) atoms. The third kappa shape index (κ3) is 5.24. The van der Waals surface area contributed by atoms with E-state index in [0.717, 1.165) is 137 Å². The fourth-order valence-electron chi connectivity index (χ4n) is 12.7. The van der Waals surface area contributed by atoms with Gasteiger partial charge < -0.3 is 22.8 Å². The lowest BCUT2D eigenvalue weighted by Gasteiger charge is -2.30. The summed E-state index contributed by atoms with van der Waals surface area (Å²) in [5.41, 5.74) is 15.2. The molecule has 11 aromatic carbocycles. The molecule has 16 aromatic rings. The van der Waals surface area contributed by atoms with Crippen molar-refractivity contribution in [1.82, 2.24) is 22.8 Å². The van der Waals surface area contributed by atoms with Crippen LogP contribution in [0, 0.1) is 6.57 Å². The molecule has 0 fully saturated rings. The summed E-state index contributed by atoms with van der Waals surface area (Å²) in [4.78, 5) is 4.99. The summed E-state index contributed by atoms with van der Waals surface area (Å²) in [6.07, 6.45) is 0. The quantitative estimate of drug-likeness (QED) is 0.154. The molecular weight excluding hydrogens is 889 g/mol. The van der Waals surface area contributed by atoms with Gasteiger partial charge in [-0.2, -0.15) is 0 Å². The predicted octanol–water partition coefficient (Wildman–Crippen LogP) is 17.7. The Hall–Kier alpha value is -10.1. The third-order valence-corrected chi connectivity index (χ3v) is 15.5. The zero-order valence-electron chi connectivity index (χ0n) is 39.3. The Morgan fingerprint density at radius 3 is 0.493 bits per heavy atom. The fraction of sp³-hybridized carbons (Fsp3) is 0. The van der Waals surface area contributed by atoms with Crippen molar-refractivity contribution in [3.05, 3.63) is 254 Å². The maximum atomic E-state index is 10.0. The SMILES string of the molecule is [C-]#[N+]c1c(-n2c3ccccc3c3ccccc32)c(-n2c3ccccc3c3ccccc32)c(-n2c3ccccc3c3ccccc32)c(-n2c3ccccc3c3ccccc32)c1-n1c2ccccc2c2ccccc21. The van der Waals surface area contributed by atoms with Crippen LogP contribution in [0.15, 0.2) is 243 Å². The first-order valence-electron chi connectivity index (χ1n) is 24.8. The van der Waals surface area contributed by atoms with Gasteiger partial charge in [0, 0.05) is 53.9 Å². The molecule has 0 aliphatic rings. The molecule has 5 heterocycles. The van der Waals surface area contributed by atoms with Crippen LogP contribution in [-0.2, 0) is 0 Å². The molecule has 0 radical (unpaired) electrons. The second-order valence-corrected chi connectivity index (χ2v) is 19.1. The maximum absolute atomic E-state index is 10.0. The number of aromatic nitrogens is 5. The lowest BCUT2D eigenvalue weighted by Crippen LogP contribution is -2.16. The van der Waals surface area contributed by atoms with Crippen molar-refractivity contribution >= 4 is 115 Å². The maximum Gasteiger partial charge on any atom is 0.238 e. The standard InChI is InChI=1S/C67H40N6/c1-68-62-63(69-52-32-12-2-22-42(52)43-23-3-13-33-53(43)69)65(71-56-36-16-6-26-46(56)47-27-7-17-37-57(47)71)67(73-60-40-20-10-30-50(60)51-31-11-21-41-61(51)73)66(72-58-38-18-8-28-48(58)49-29-9-19-39-59(49)72)64(62)70-54-34-14-4-24-44(54)45-25-5-15-35-55(45)70/h2-41H. The van der Waals surface area contributed by atoms with E-state index >= 15 is 0 Å². The normalized spacial score (nSPS) is 12.1. The average Bonchev–Trinajstić information content (AvgIpc) is 4.25. The van der Waals surface area contributed by atoms with E-state index < -0.39 is 0 Å². The van der Waals surface area contributed by atoms with Crippen molar-refractivity contribution in [3.63, 3.8) is 0 Å². The lowest BCUT2D eigenvalue weighted by atomic mass is 10.0. The van der Waals surface area contributed by atoms with Crippen LogP contribution < -0.4 is 0 Å². The summed E-state index contributed by atoms with van der Waals surface area (Å²) >= 11 is 0. The minimum Gasteiger partial charge on any atom is -0.317 e. The van der Waals surface area contributed by atoms with Gasteiger partial charge in [-0.3, -0.25) is 0 Å². The Kier molecular flexibility index (Phi) is 8.14. The summed E-state index contributed by atoms with van der Waals surface area (Å²) in [5, 5.41) is 11.3. The molecule has 16 rings (SSSR count). The van der Waals surface area contributed by atoms with Crippen LogP contribution in [0.5, 0.6) is 0 Å². The largest absolute Gasteiger partial charge is 0.317 e. The molecule has 6 heteroatoms. The number of fused-ring (bicyclic) bond motifs is 15. The van der Waals surface area contributed by atoms with Crippen LogP contribution in [0.3, 0.4) is 0 Å². The zero-order chi connectivity index (χ0) is 47.9. The molecule has 0 unspecified atom stereocenters. The number of para-hydroxylation sites is 10. The molecule has 0 atom stereocenters. The zero-order valence-corrected chi connectivity index (χ0v) is 39.3. The van der Waals surface area contributed by atoms with Crippen molar-refractivity contribution in [2.24, 2.45) is 0 Å². The first-order chi connectivity index (χ1) is 36.3. The monoisotopic (exact) mass is 928 g/mol. The molecule has 0 bridgehead atoms. The van der Waals surface area contributed by atoms with Gasteiger partial charge >= 0.3 is 0 Å². The minimum absolute atomic E-state index is 0.524. The highest BCUT2D eigenvalue weighted by Gasteiger charge is 2.36. The Bertz CT molecular complexity index is 4540. The van der Waals surface area contributed by atoms with E-state index in [1.165, 1.54) is 0 Å². The Morgan fingerprint density at radius 1 is 0.192 bits per heavy atom. The van der Waals surface area contributed by atoms with Crippen molar-refractivity contribution in [2.75, 3.05) is 0 Å². The van der Waals surface area contributed by atoms with Crippen LogP contribution in [0.4, 0.5) is 5.69 Å². The van der Waals surface area contributed by atoms with Gasteiger partial charge in [0.2, 0.25) is 5.69 Å². The molecular formula is C67H40N6. The Morgan fingerprint density at radius 2 is 0.329 bits per heavy atom. The highest BCUT2D eigenvalue weighted by atomic mass is 15.2. The summed E-state index contributed by atoms with van der Waals surface area (Å²) < 4.78 is 12.3. The summed E-state index contributed by atoms with van der Waals surface area (Å²) in [6, 6.07) is 87.6. The molecule has 0 saturated heterocycles. The van der Waals surface area contributed by atoms with Crippen molar-refractivity contribution in [2.45, 2.75) is 0 Å². The fourth-order valence-corrected chi connectivity index (χ4v) is 12.7. The molecule has 338 valence electrons. The third-order valence-electron chi connectivity index (χ3n) is 15.5. The van der Waals surface area contributed by atoms with Crippen LogP contribution >= 0.6 is 0 Å². The van der Waals surface area contributed by atoms with E-state index in [1.54, 1.807) is 0 Å². The van der Waals surface area contributed by atoms with Gasteiger partial charge in [-0.05, 0) is 60.7 Å². The number of benzene rings is 11. The molecule has 0 aliphatic heterocycles.